The highest BCUT2D eigenvalue weighted by molar-refractivity contribution is 5.55. The van der Waals surface area contributed by atoms with Crippen molar-refractivity contribution in [1.29, 1.82) is 0 Å². The number of rotatable bonds is 8. The maximum Gasteiger partial charge on any atom is 0.0384 e. The zero-order valence-corrected chi connectivity index (χ0v) is 11.3. The fourth-order valence-electron chi connectivity index (χ4n) is 2.02. The predicted octanol–water partition coefficient (Wildman–Crippen LogP) is 4.07. The lowest BCUT2D eigenvalue weighted by atomic mass is 10.1. The molecule has 0 atom stereocenters. The smallest absolute Gasteiger partial charge is 0.0384 e. The van der Waals surface area contributed by atoms with Crippen molar-refractivity contribution in [3.05, 3.63) is 24.3 Å². The molecule has 2 heteroatoms. The second-order valence-corrected chi connectivity index (χ2v) is 4.78. The number of hydrogen-bond acceptors (Lipinski definition) is 2. The van der Waals surface area contributed by atoms with E-state index in [4.69, 9.17) is 5.73 Å². The Morgan fingerprint density at radius 2 is 1.76 bits per heavy atom. The average Bonchev–Trinajstić information content (AvgIpc) is 2.33. The van der Waals surface area contributed by atoms with Crippen LogP contribution in [0.3, 0.4) is 0 Å². The molecule has 0 aliphatic carbocycles. The van der Waals surface area contributed by atoms with Crippen LogP contribution in [0, 0.1) is 0 Å². The van der Waals surface area contributed by atoms with Crippen LogP contribution in [-0.2, 0) is 0 Å². The summed E-state index contributed by atoms with van der Waals surface area (Å²) in [6.07, 6.45) is 8.08. The summed E-state index contributed by atoms with van der Waals surface area (Å²) in [6, 6.07) is 8.11. The Hall–Kier alpha value is -1.18. The number of nitrogens with zero attached hydrogens (tertiary/aromatic N) is 1. The number of nitrogens with two attached hydrogens (primary N) is 1. The van der Waals surface area contributed by atoms with Gasteiger partial charge in [0.25, 0.3) is 0 Å². The van der Waals surface area contributed by atoms with Crippen molar-refractivity contribution in [2.45, 2.75) is 45.4 Å². The van der Waals surface area contributed by atoms with E-state index in [-0.39, 0.29) is 0 Å². The Morgan fingerprint density at radius 1 is 1.06 bits per heavy atom. The summed E-state index contributed by atoms with van der Waals surface area (Å²) >= 11 is 0. The molecule has 0 bridgehead atoms. The highest BCUT2D eigenvalue weighted by atomic mass is 15.1. The molecular weight excluding hydrogens is 208 g/mol. The van der Waals surface area contributed by atoms with Gasteiger partial charge in [-0.15, -0.1) is 0 Å². The first-order valence-electron chi connectivity index (χ1n) is 6.80. The Labute approximate surface area is 106 Å². The van der Waals surface area contributed by atoms with Gasteiger partial charge in [-0.25, -0.2) is 0 Å². The standard InChI is InChI=1S/C15H26N2/c1-3-4-5-6-7-8-12-17(2)15-11-9-10-14(16)13-15/h9-11,13H,3-8,12,16H2,1-2H3. The van der Waals surface area contributed by atoms with Crippen LogP contribution < -0.4 is 10.6 Å². The molecule has 0 spiro atoms. The first-order chi connectivity index (χ1) is 8.24. The van der Waals surface area contributed by atoms with Gasteiger partial charge >= 0.3 is 0 Å². The van der Waals surface area contributed by atoms with Crippen molar-refractivity contribution in [3.8, 4) is 0 Å². The van der Waals surface area contributed by atoms with Crippen molar-refractivity contribution in [2.75, 3.05) is 24.2 Å². The second kappa shape index (κ2) is 7.99. The molecule has 0 aliphatic heterocycles. The monoisotopic (exact) mass is 234 g/mol. The van der Waals surface area contributed by atoms with Gasteiger partial charge in [-0.2, -0.15) is 0 Å². The number of anilines is 2. The maximum absolute atomic E-state index is 5.78. The molecule has 0 radical (unpaired) electrons. The largest absolute Gasteiger partial charge is 0.399 e. The van der Waals surface area contributed by atoms with Gasteiger partial charge in [-0.05, 0) is 24.6 Å². The molecule has 0 unspecified atom stereocenters. The molecule has 2 nitrogen and oxygen atoms in total. The minimum Gasteiger partial charge on any atom is -0.399 e. The van der Waals surface area contributed by atoms with Crippen molar-refractivity contribution in [1.82, 2.24) is 0 Å². The third-order valence-electron chi connectivity index (χ3n) is 3.16. The van der Waals surface area contributed by atoms with Crippen LogP contribution in [-0.4, -0.2) is 13.6 Å². The SMILES string of the molecule is CCCCCCCCN(C)c1cccc(N)c1. The lowest BCUT2D eigenvalue weighted by Gasteiger charge is -2.19. The minimum absolute atomic E-state index is 0.845. The van der Waals surface area contributed by atoms with Crippen LogP contribution in [0.4, 0.5) is 11.4 Å². The molecule has 0 saturated heterocycles. The summed E-state index contributed by atoms with van der Waals surface area (Å²) in [5.41, 5.74) is 7.85. The van der Waals surface area contributed by atoms with Crippen molar-refractivity contribution in [3.63, 3.8) is 0 Å². The highest BCUT2D eigenvalue weighted by Gasteiger charge is 2.00. The first-order valence-corrected chi connectivity index (χ1v) is 6.80. The molecule has 96 valence electrons. The summed E-state index contributed by atoms with van der Waals surface area (Å²) < 4.78 is 0. The van der Waals surface area contributed by atoms with Crippen LogP contribution in [0.25, 0.3) is 0 Å². The van der Waals surface area contributed by atoms with Crippen LogP contribution in [0.5, 0.6) is 0 Å². The maximum atomic E-state index is 5.78. The number of hydrogen-bond donors (Lipinski definition) is 1. The van der Waals surface area contributed by atoms with Gasteiger partial charge in [-0.1, -0.05) is 45.1 Å². The van der Waals surface area contributed by atoms with Gasteiger partial charge in [0, 0.05) is 25.0 Å². The molecule has 0 aliphatic rings. The van der Waals surface area contributed by atoms with Crippen LogP contribution >= 0.6 is 0 Å². The topological polar surface area (TPSA) is 29.3 Å². The van der Waals surface area contributed by atoms with E-state index >= 15 is 0 Å². The molecule has 1 aromatic carbocycles. The van der Waals surface area contributed by atoms with Crippen molar-refractivity contribution in [2.24, 2.45) is 0 Å². The zero-order valence-electron chi connectivity index (χ0n) is 11.3. The van der Waals surface area contributed by atoms with E-state index in [1.807, 2.05) is 18.2 Å². The van der Waals surface area contributed by atoms with Gasteiger partial charge in [0.15, 0.2) is 0 Å². The first kappa shape index (κ1) is 13.9. The molecule has 0 saturated carbocycles. The lowest BCUT2D eigenvalue weighted by Crippen LogP contribution is -2.18. The van der Waals surface area contributed by atoms with Gasteiger partial charge in [0.2, 0.25) is 0 Å². The van der Waals surface area contributed by atoms with E-state index in [0.29, 0.717) is 0 Å². The van der Waals surface area contributed by atoms with Gasteiger partial charge in [0.05, 0.1) is 0 Å². The molecule has 0 heterocycles. The summed E-state index contributed by atoms with van der Waals surface area (Å²) in [5.74, 6) is 0. The van der Waals surface area contributed by atoms with Crippen LogP contribution in [0.15, 0.2) is 24.3 Å². The lowest BCUT2D eigenvalue weighted by molar-refractivity contribution is 0.606. The second-order valence-electron chi connectivity index (χ2n) is 4.78. The molecule has 0 amide bonds. The Balaban J connectivity index is 2.19. The molecule has 17 heavy (non-hydrogen) atoms. The van der Waals surface area contributed by atoms with Gasteiger partial charge < -0.3 is 10.6 Å². The molecular formula is C15H26N2. The molecule has 1 rings (SSSR count). The van der Waals surface area contributed by atoms with Gasteiger partial charge in [0.1, 0.15) is 0 Å². The summed E-state index contributed by atoms with van der Waals surface area (Å²) in [5, 5.41) is 0. The fraction of sp³-hybridized carbons (Fsp3) is 0.600. The quantitative estimate of drug-likeness (QED) is 0.543. The van der Waals surface area contributed by atoms with Crippen LogP contribution in [0.1, 0.15) is 45.4 Å². The Bertz CT molecular complexity index is 310. The Kier molecular flexibility index (Phi) is 6.53. The third kappa shape index (κ3) is 5.62. The normalized spacial score (nSPS) is 10.5. The summed E-state index contributed by atoms with van der Waals surface area (Å²) in [4.78, 5) is 2.29. The van der Waals surface area contributed by atoms with Crippen molar-refractivity contribution < 1.29 is 0 Å². The molecule has 1 aromatic rings. The average molecular weight is 234 g/mol. The van der Waals surface area contributed by atoms with E-state index in [0.717, 1.165) is 12.2 Å². The van der Waals surface area contributed by atoms with E-state index in [1.165, 1.54) is 44.2 Å². The Morgan fingerprint density at radius 3 is 2.47 bits per heavy atom. The van der Waals surface area contributed by atoms with E-state index in [1.54, 1.807) is 0 Å². The zero-order chi connectivity index (χ0) is 12.5. The van der Waals surface area contributed by atoms with E-state index < -0.39 is 0 Å². The molecule has 0 fully saturated rings. The third-order valence-corrected chi connectivity index (χ3v) is 3.16. The number of unbranched alkanes of at least 4 members (excludes halogenated alkanes) is 5. The van der Waals surface area contributed by atoms with Crippen LogP contribution in [0.2, 0.25) is 0 Å². The minimum atomic E-state index is 0.845. The summed E-state index contributed by atoms with van der Waals surface area (Å²) in [6.45, 7) is 3.38. The molecule has 0 aromatic heterocycles. The number of nitrogen functional groups attached to an aromatic ring is 1. The van der Waals surface area contributed by atoms with E-state index in [9.17, 15) is 0 Å². The fourth-order valence-corrected chi connectivity index (χ4v) is 2.02. The number of benzene rings is 1. The molecule has 2 N–H and O–H groups in total. The van der Waals surface area contributed by atoms with Crippen molar-refractivity contribution >= 4 is 11.4 Å². The highest BCUT2D eigenvalue weighted by Crippen LogP contribution is 2.16. The van der Waals surface area contributed by atoms with Gasteiger partial charge in [-0.3, -0.25) is 0 Å². The van der Waals surface area contributed by atoms with E-state index in [2.05, 4.69) is 24.9 Å². The predicted molar refractivity (Wildman–Crippen MR) is 77.5 cm³/mol. The summed E-state index contributed by atoms with van der Waals surface area (Å²) in [7, 11) is 2.14.